The van der Waals surface area contributed by atoms with Crippen molar-refractivity contribution in [2.75, 3.05) is 0 Å². The summed E-state index contributed by atoms with van der Waals surface area (Å²) < 4.78 is 22.6. The largest absolute Gasteiger partial charge is 0.282 e. The van der Waals surface area contributed by atoms with Crippen LogP contribution in [0.5, 0.6) is 0 Å². The Balaban J connectivity index is 3.36. The summed E-state index contributed by atoms with van der Waals surface area (Å²) in [6.07, 6.45) is 1.36. The first kappa shape index (κ1) is 8.83. The third-order valence-corrected chi connectivity index (χ3v) is 2.57. The molecule has 62 valence electrons. The fraction of sp³-hybridized carbons (Fsp3) is 0.250. The molecule has 11 heavy (non-hydrogen) atoms. The van der Waals surface area contributed by atoms with Crippen LogP contribution in [0.2, 0.25) is 5.02 Å². The first-order valence-electron chi connectivity index (χ1n) is 2.55. The maximum Gasteiger partial charge on any atom is 0.282 e. The summed E-state index contributed by atoms with van der Waals surface area (Å²) in [6.45, 7) is 0. The van der Waals surface area contributed by atoms with E-state index in [1.54, 1.807) is 7.05 Å². The van der Waals surface area contributed by atoms with Crippen molar-refractivity contribution in [1.82, 2.24) is 9.78 Å². The van der Waals surface area contributed by atoms with Crippen LogP contribution in [0.4, 0.5) is 0 Å². The van der Waals surface area contributed by atoms with E-state index in [1.165, 1.54) is 10.9 Å². The second kappa shape index (κ2) is 2.66. The van der Waals surface area contributed by atoms with Crippen molar-refractivity contribution in [2.24, 2.45) is 7.05 Å². The minimum Gasteiger partial charge on any atom is -0.273 e. The van der Waals surface area contributed by atoms with Gasteiger partial charge in [0.1, 0.15) is 0 Å². The lowest BCUT2D eigenvalue weighted by molar-refractivity contribution is 0.602. The predicted molar refractivity (Wildman–Crippen MR) is 41.3 cm³/mol. The topological polar surface area (TPSA) is 52.0 Å². The van der Waals surface area contributed by atoms with Crippen molar-refractivity contribution in [3.05, 3.63) is 11.2 Å². The first-order chi connectivity index (χ1) is 4.91. The molecule has 1 aromatic rings. The summed E-state index contributed by atoms with van der Waals surface area (Å²) in [4.78, 5) is 0. The van der Waals surface area contributed by atoms with Gasteiger partial charge in [-0.2, -0.15) is 5.10 Å². The molecule has 1 heterocycles. The van der Waals surface area contributed by atoms with E-state index in [9.17, 15) is 8.42 Å². The third-order valence-electron chi connectivity index (χ3n) is 0.984. The second-order valence-corrected chi connectivity index (χ2v) is 4.78. The van der Waals surface area contributed by atoms with Gasteiger partial charge >= 0.3 is 0 Å². The molecule has 0 aromatic carbocycles. The number of hydrogen-bond acceptors (Lipinski definition) is 3. The molecule has 0 saturated carbocycles. The fourth-order valence-electron chi connectivity index (χ4n) is 0.604. The molecular weight excluding hydrogens is 211 g/mol. The number of halogens is 2. The van der Waals surface area contributed by atoms with Crippen LogP contribution in [-0.4, -0.2) is 18.2 Å². The van der Waals surface area contributed by atoms with Crippen LogP contribution in [0.1, 0.15) is 0 Å². The van der Waals surface area contributed by atoms with Crippen LogP contribution in [-0.2, 0) is 16.1 Å². The summed E-state index contributed by atoms with van der Waals surface area (Å²) in [5.41, 5.74) is 0. The van der Waals surface area contributed by atoms with E-state index in [1.807, 2.05) is 0 Å². The molecule has 0 saturated heterocycles. The number of aromatic nitrogens is 2. The highest BCUT2D eigenvalue weighted by Gasteiger charge is 2.18. The summed E-state index contributed by atoms with van der Waals surface area (Å²) in [5, 5.41) is 3.27. The SMILES string of the molecule is Cn1cc(Cl)c(S(=O)(=O)Cl)n1. The van der Waals surface area contributed by atoms with Crippen LogP contribution in [0.25, 0.3) is 0 Å². The van der Waals surface area contributed by atoms with Crippen molar-refractivity contribution in [3.63, 3.8) is 0 Å². The Bertz CT molecular complexity index is 369. The molecule has 0 radical (unpaired) electrons. The average Bonchev–Trinajstić information content (AvgIpc) is 2.08. The highest BCUT2D eigenvalue weighted by molar-refractivity contribution is 8.13. The van der Waals surface area contributed by atoms with Gasteiger partial charge in [0.05, 0.1) is 5.02 Å². The Kier molecular flexibility index (Phi) is 2.13. The Morgan fingerprint density at radius 2 is 2.18 bits per heavy atom. The van der Waals surface area contributed by atoms with E-state index in [4.69, 9.17) is 22.3 Å². The molecule has 1 rings (SSSR count). The third kappa shape index (κ3) is 1.85. The fourth-order valence-corrected chi connectivity index (χ4v) is 2.06. The van der Waals surface area contributed by atoms with Crippen molar-refractivity contribution in [2.45, 2.75) is 5.03 Å². The molecule has 0 fully saturated rings. The van der Waals surface area contributed by atoms with Crippen LogP contribution in [0.15, 0.2) is 11.2 Å². The monoisotopic (exact) mass is 214 g/mol. The van der Waals surface area contributed by atoms with E-state index in [0.717, 1.165) is 0 Å². The van der Waals surface area contributed by atoms with Crippen molar-refractivity contribution < 1.29 is 8.42 Å². The van der Waals surface area contributed by atoms with E-state index in [2.05, 4.69) is 5.10 Å². The van der Waals surface area contributed by atoms with Gasteiger partial charge in [0, 0.05) is 23.9 Å². The van der Waals surface area contributed by atoms with Crippen molar-refractivity contribution in [3.8, 4) is 0 Å². The zero-order chi connectivity index (χ0) is 8.65. The molecular formula is C4H4Cl2N2O2S. The van der Waals surface area contributed by atoms with Crippen LogP contribution < -0.4 is 0 Å². The molecule has 0 N–H and O–H groups in total. The number of nitrogens with zero attached hydrogens (tertiary/aromatic N) is 2. The lowest BCUT2D eigenvalue weighted by Gasteiger charge is -1.86. The van der Waals surface area contributed by atoms with Gasteiger partial charge in [-0.05, 0) is 0 Å². The normalized spacial score (nSPS) is 11.9. The van der Waals surface area contributed by atoms with Crippen LogP contribution >= 0.6 is 22.3 Å². The molecule has 1 aromatic heterocycles. The predicted octanol–water partition coefficient (Wildman–Crippen LogP) is 1.00. The molecule has 0 bridgehead atoms. The lowest BCUT2D eigenvalue weighted by atomic mass is 10.7. The zero-order valence-corrected chi connectivity index (χ0v) is 7.78. The summed E-state index contributed by atoms with van der Waals surface area (Å²) in [6, 6.07) is 0. The van der Waals surface area contributed by atoms with Crippen LogP contribution in [0.3, 0.4) is 0 Å². The van der Waals surface area contributed by atoms with Crippen molar-refractivity contribution >= 4 is 31.3 Å². The Morgan fingerprint density at radius 3 is 2.36 bits per heavy atom. The molecule has 4 nitrogen and oxygen atoms in total. The van der Waals surface area contributed by atoms with Gasteiger partial charge in [0.15, 0.2) is 0 Å². The number of hydrogen-bond donors (Lipinski definition) is 0. The highest BCUT2D eigenvalue weighted by atomic mass is 35.7. The molecule has 0 unspecified atom stereocenters. The van der Waals surface area contributed by atoms with Gasteiger partial charge in [-0.1, -0.05) is 11.6 Å². The zero-order valence-electron chi connectivity index (χ0n) is 5.45. The van der Waals surface area contributed by atoms with Gasteiger partial charge in [0.25, 0.3) is 9.05 Å². The maximum absolute atomic E-state index is 10.7. The van der Waals surface area contributed by atoms with Gasteiger partial charge in [-0.25, -0.2) is 8.42 Å². The average molecular weight is 215 g/mol. The summed E-state index contributed by atoms with van der Waals surface area (Å²) >= 11 is 5.48. The first-order valence-corrected chi connectivity index (χ1v) is 5.24. The minimum absolute atomic E-state index is 0.0301. The number of aryl methyl sites for hydroxylation is 1. The van der Waals surface area contributed by atoms with E-state index >= 15 is 0 Å². The summed E-state index contributed by atoms with van der Waals surface area (Å²) in [5.74, 6) is 0. The Hall–Kier alpha value is -0.260. The molecule has 0 atom stereocenters. The molecule has 0 aliphatic carbocycles. The molecule has 0 aliphatic heterocycles. The molecule has 0 spiro atoms. The van der Waals surface area contributed by atoms with E-state index in [-0.39, 0.29) is 10.0 Å². The molecule has 7 heteroatoms. The molecule has 0 aliphatic rings. The van der Waals surface area contributed by atoms with Gasteiger partial charge in [-0.3, -0.25) is 4.68 Å². The highest BCUT2D eigenvalue weighted by Crippen LogP contribution is 2.21. The van der Waals surface area contributed by atoms with Gasteiger partial charge < -0.3 is 0 Å². The second-order valence-electron chi connectivity index (χ2n) is 1.89. The lowest BCUT2D eigenvalue weighted by Crippen LogP contribution is -1.94. The van der Waals surface area contributed by atoms with Gasteiger partial charge in [-0.15, -0.1) is 0 Å². The maximum atomic E-state index is 10.7. The minimum atomic E-state index is -3.80. The van der Waals surface area contributed by atoms with E-state index in [0.29, 0.717) is 0 Å². The van der Waals surface area contributed by atoms with Crippen LogP contribution in [0, 0.1) is 0 Å². The quantitative estimate of drug-likeness (QED) is 0.656. The Morgan fingerprint density at radius 1 is 1.64 bits per heavy atom. The summed E-state index contributed by atoms with van der Waals surface area (Å²) in [7, 11) is 2.74. The standard InChI is InChI=1S/C4H4Cl2N2O2S/c1-8-2-3(5)4(7-8)11(6,9)10/h2H,1H3. The van der Waals surface area contributed by atoms with Crippen molar-refractivity contribution in [1.29, 1.82) is 0 Å². The number of rotatable bonds is 1. The molecule has 0 amide bonds. The smallest absolute Gasteiger partial charge is 0.273 e. The Labute approximate surface area is 73.1 Å². The van der Waals surface area contributed by atoms with Gasteiger partial charge in [0.2, 0.25) is 5.03 Å². The van der Waals surface area contributed by atoms with E-state index < -0.39 is 9.05 Å².